The molecule has 0 radical (unpaired) electrons. The highest BCUT2D eigenvalue weighted by Gasteiger charge is 2.31. The van der Waals surface area contributed by atoms with Crippen LogP contribution in [0.1, 0.15) is 26.3 Å². The van der Waals surface area contributed by atoms with Gasteiger partial charge in [0.05, 0.1) is 15.8 Å². The van der Waals surface area contributed by atoms with Crippen molar-refractivity contribution < 1.29 is 9.59 Å². The second kappa shape index (κ2) is 4.86. The van der Waals surface area contributed by atoms with Crippen LogP contribution in [0.25, 0.3) is 20.2 Å². The molecule has 0 bridgehead atoms. The van der Waals surface area contributed by atoms with Crippen LogP contribution in [0.5, 0.6) is 0 Å². The molecule has 1 N–H and O–H groups in total. The van der Waals surface area contributed by atoms with Gasteiger partial charge in [0, 0.05) is 15.5 Å². The highest BCUT2D eigenvalue weighted by Crippen LogP contribution is 2.34. The van der Waals surface area contributed by atoms with Gasteiger partial charge in [-0.25, -0.2) is 0 Å². The third kappa shape index (κ3) is 1.87. The summed E-state index contributed by atoms with van der Waals surface area (Å²) >= 11 is 1.37. The van der Waals surface area contributed by atoms with Crippen molar-refractivity contribution in [2.45, 2.75) is 6.42 Å². The van der Waals surface area contributed by atoms with Gasteiger partial charge in [-0.3, -0.25) is 19.7 Å². The third-order valence-corrected chi connectivity index (χ3v) is 5.19. The molecule has 3 aromatic rings. The van der Waals surface area contributed by atoms with E-state index in [1.165, 1.54) is 11.3 Å². The average molecular weight is 321 g/mol. The van der Waals surface area contributed by atoms with Gasteiger partial charge in [-0.05, 0) is 30.2 Å². The molecule has 4 rings (SSSR count). The molecule has 0 unspecified atom stereocenters. The SMILES string of the molecule is C=CCc1cc2c(c3sc4ccccc4c(=O)c13)C(=O)NC2=O. The smallest absolute Gasteiger partial charge is 0.260 e. The third-order valence-electron chi connectivity index (χ3n) is 4.00. The molecule has 2 amide bonds. The molecule has 1 aromatic heterocycles. The maximum atomic E-state index is 12.9. The van der Waals surface area contributed by atoms with E-state index >= 15 is 0 Å². The van der Waals surface area contributed by atoms with Gasteiger partial charge in [-0.15, -0.1) is 17.9 Å². The Morgan fingerprint density at radius 3 is 2.70 bits per heavy atom. The summed E-state index contributed by atoms with van der Waals surface area (Å²) in [4.78, 5) is 37.1. The molecule has 0 fully saturated rings. The molecule has 0 atom stereocenters. The molecule has 2 heterocycles. The number of imide groups is 1. The van der Waals surface area contributed by atoms with E-state index < -0.39 is 11.8 Å². The lowest BCUT2D eigenvalue weighted by molar-refractivity contribution is 0.0880. The van der Waals surface area contributed by atoms with Gasteiger partial charge in [0.2, 0.25) is 0 Å². The molecule has 23 heavy (non-hydrogen) atoms. The Labute approximate surface area is 135 Å². The number of carbonyl (C=O) groups is 2. The number of benzene rings is 2. The van der Waals surface area contributed by atoms with Crippen molar-refractivity contribution in [2.75, 3.05) is 0 Å². The molecule has 0 saturated carbocycles. The number of amides is 2. The Hall–Kier alpha value is -2.79. The number of nitrogens with one attached hydrogen (secondary N) is 1. The van der Waals surface area contributed by atoms with Crippen LogP contribution >= 0.6 is 11.3 Å². The topological polar surface area (TPSA) is 63.2 Å². The Morgan fingerprint density at radius 1 is 1.13 bits per heavy atom. The summed E-state index contributed by atoms with van der Waals surface area (Å²) in [5, 5.41) is 3.45. The predicted molar refractivity (Wildman–Crippen MR) is 91.3 cm³/mol. The monoisotopic (exact) mass is 321 g/mol. The van der Waals surface area contributed by atoms with Crippen LogP contribution in [0, 0.1) is 0 Å². The molecular weight excluding hydrogens is 310 g/mol. The fourth-order valence-electron chi connectivity index (χ4n) is 3.00. The summed E-state index contributed by atoms with van der Waals surface area (Å²) in [6.45, 7) is 3.72. The van der Waals surface area contributed by atoms with Crippen LogP contribution in [0.4, 0.5) is 0 Å². The van der Waals surface area contributed by atoms with Crippen LogP contribution in [-0.4, -0.2) is 11.8 Å². The molecule has 1 aliphatic heterocycles. The fraction of sp³-hybridized carbons (Fsp3) is 0.0556. The number of fused-ring (bicyclic) bond motifs is 4. The summed E-state index contributed by atoms with van der Waals surface area (Å²) in [7, 11) is 0. The van der Waals surface area contributed by atoms with Crippen LogP contribution in [0.3, 0.4) is 0 Å². The van der Waals surface area contributed by atoms with Crippen molar-refractivity contribution in [3.63, 3.8) is 0 Å². The van der Waals surface area contributed by atoms with E-state index in [0.717, 1.165) is 10.3 Å². The lowest BCUT2D eigenvalue weighted by atomic mass is 9.98. The normalized spacial score (nSPS) is 13.4. The molecule has 5 heteroatoms. The molecule has 0 saturated heterocycles. The van der Waals surface area contributed by atoms with E-state index in [0.29, 0.717) is 33.0 Å². The van der Waals surface area contributed by atoms with Crippen molar-refractivity contribution in [3.05, 3.63) is 69.9 Å². The van der Waals surface area contributed by atoms with E-state index in [1.54, 1.807) is 18.2 Å². The molecular formula is C18H11NO3S. The van der Waals surface area contributed by atoms with Crippen LogP contribution in [-0.2, 0) is 6.42 Å². The highest BCUT2D eigenvalue weighted by atomic mass is 32.1. The van der Waals surface area contributed by atoms with E-state index in [9.17, 15) is 14.4 Å². The fourth-order valence-corrected chi connectivity index (χ4v) is 4.27. The standard InChI is InChI=1S/C18H11NO3S/c1-2-5-9-8-11-14(18(22)19-17(11)21)16-13(9)15(20)10-6-3-4-7-12(10)23-16/h2-4,6-8H,1,5H2,(H,19,21,22). The second-order valence-electron chi connectivity index (χ2n) is 5.37. The highest BCUT2D eigenvalue weighted by molar-refractivity contribution is 7.25. The molecule has 2 aromatic carbocycles. The number of allylic oxidation sites excluding steroid dienone is 1. The first kappa shape index (κ1) is 13.8. The Balaban J connectivity index is 2.29. The maximum absolute atomic E-state index is 12.9. The van der Waals surface area contributed by atoms with Crippen molar-refractivity contribution in [3.8, 4) is 0 Å². The van der Waals surface area contributed by atoms with Gasteiger partial charge in [0.25, 0.3) is 11.8 Å². The van der Waals surface area contributed by atoms with Crippen molar-refractivity contribution in [1.29, 1.82) is 0 Å². The zero-order valence-electron chi connectivity index (χ0n) is 12.0. The van der Waals surface area contributed by atoms with Gasteiger partial charge in [0.15, 0.2) is 5.43 Å². The Bertz CT molecular complexity index is 1090. The maximum Gasteiger partial charge on any atom is 0.260 e. The first-order valence-corrected chi connectivity index (χ1v) is 7.91. The quantitative estimate of drug-likeness (QED) is 0.448. The zero-order chi connectivity index (χ0) is 16.1. The molecule has 0 spiro atoms. The van der Waals surface area contributed by atoms with Crippen LogP contribution in [0.2, 0.25) is 0 Å². The number of hydrogen-bond donors (Lipinski definition) is 1. The van der Waals surface area contributed by atoms with Crippen LogP contribution < -0.4 is 10.7 Å². The number of carbonyl (C=O) groups excluding carboxylic acids is 2. The second-order valence-corrected chi connectivity index (χ2v) is 6.42. The number of rotatable bonds is 2. The average Bonchev–Trinajstić information content (AvgIpc) is 2.82. The van der Waals surface area contributed by atoms with Gasteiger partial charge in [0.1, 0.15) is 0 Å². The Morgan fingerprint density at radius 2 is 1.91 bits per heavy atom. The van der Waals surface area contributed by atoms with Crippen molar-refractivity contribution in [1.82, 2.24) is 5.32 Å². The van der Waals surface area contributed by atoms with Gasteiger partial charge >= 0.3 is 0 Å². The summed E-state index contributed by atoms with van der Waals surface area (Å²) in [5.74, 6) is -0.851. The van der Waals surface area contributed by atoms with Gasteiger partial charge < -0.3 is 0 Å². The predicted octanol–water partition coefficient (Wildman–Crippen LogP) is 3.03. The van der Waals surface area contributed by atoms with E-state index in [1.807, 2.05) is 18.2 Å². The minimum absolute atomic E-state index is 0.110. The van der Waals surface area contributed by atoms with Gasteiger partial charge in [-0.1, -0.05) is 18.2 Å². The number of hydrogen-bond acceptors (Lipinski definition) is 4. The molecule has 112 valence electrons. The van der Waals surface area contributed by atoms with Crippen molar-refractivity contribution in [2.24, 2.45) is 0 Å². The lowest BCUT2D eigenvalue weighted by Crippen LogP contribution is -2.20. The van der Waals surface area contributed by atoms with E-state index in [-0.39, 0.29) is 5.43 Å². The zero-order valence-corrected chi connectivity index (χ0v) is 12.8. The summed E-state index contributed by atoms with van der Waals surface area (Å²) in [6, 6.07) is 8.94. The van der Waals surface area contributed by atoms with Crippen molar-refractivity contribution >= 4 is 43.3 Å². The minimum Gasteiger partial charge on any atom is -0.288 e. The largest absolute Gasteiger partial charge is 0.288 e. The van der Waals surface area contributed by atoms with E-state index in [4.69, 9.17) is 0 Å². The summed E-state index contributed by atoms with van der Waals surface area (Å²) < 4.78 is 1.38. The van der Waals surface area contributed by atoms with Crippen LogP contribution in [0.15, 0.2) is 47.8 Å². The lowest BCUT2D eigenvalue weighted by Gasteiger charge is -2.09. The molecule has 0 aliphatic carbocycles. The first-order valence-electron chi connectivity index (χ1n) is 7.10. The van der Waals surface area contributed by atoms with E-state index in [2.05, 4.69) is 11.9 Å². The molecule has 1 aliphatic rings. The molecule has 4 nitrogen and oxygen atoms in total. The summed E-state index contributed by atoms with van der Waals surface area (Å²) in [6.07, 6.45) is 2.15. The minimum atomic E-state index is -0.439. The first-order chi connectivity index (χ1) is 11.1. The Kier molecular flexibility index (Phi) is 2.92. The summed E-state index contributed by atoms with van der Waals surface area (Å²) in [5.41, 5.74) is 1.27. The van der Waals surface area contributed by atoms with Gasteiger partial charge in [-0.2, -0.15) is 0 Å².